The van der Waals surface area contributed by atoms with Crippen LogP contribution in [0.2, 0.25) is 5.02 Å². The number of halogens is 1. The summed E-state index contributed by atoms with van der Waals surface area (Å²) in [6.07, 6.45) is 0. The van der Waals surface area contributed by atoms with Gasteiger partial charge in [-0.05, 0) is 23.3 Å². The third-order valence-electron chi connectivity index (χ3n) is 3.35. The lowest BCUT2D eigenvalue weighted by Gasteiger charge is -2.27. The van der Waals surface area contributed by atoms with E-state index in [1.54, 1.807) is 36.4 Å². The summed E-state index contributed by atoms with van der Waals surface area (Å²) in [4.78, 5) is 24.0. The molecule has 3 rings (SSSR count). The van der Waals surface area contributed by atoms with E-state index in [2.05, 4.69) is 10.6 Å². The molecule has 0 unspecified atom stereocenters. The molecule has 1 aliphatic rings. The topological polar surface area (TPSA) is 58.2 Å². The number of hydrogen-bond donors (Lipinski definition) is 2. The van der Waals surface area contributed by atoms with Crippen LogP contribution in [-0.4, -0.2) is 11.9 Å². The molecule has 5 heteroatoms. The lowest BCUT2D eigenvalue weighted by molar-refractivity contribution is -0.122. The van der Waals surface area contributed by atoms with Gasteiger partial charge in [0.15, 0.2) is 5.54 Å². The fraction of sp³-hybridized carbons (Fsp3) is 0.0667. The van der Waals surface area contributed by atoms with Gasteiger partial charge >= 0.3 is 6.03 Å². The number of rotatable bonds is 2. The summed E-state index contributed by atoms with van der Waals surface area (Å²) in [6, 6.07) is 15.5. The van der Waals surface area contributed by atoms with Crippen molar-refractivity contribution in [1.29, 1.82) is 0 Å². The van der Waals surface area contributed by atoms with Gasteiger partial charge in [0.2, 0.25) is 0 Å². The van der Waals surface area contributed by atoms with Crippen LogP contribution >= 0.6 is 11.6 Å². The number of amides is 3. The Balaban J connectivity index is 2.21. The fourth-order valence-corrected chi connectivity index (χ4v) is 2.54. The highest BCUT2D eigenvalue weighted by Crippen LogP contribution is 2.33. The molecule has 0 aliphatic carbocycles. The first-order chi connectivity index (χ1) is 9.63. The highest BCUT2D eigenvalue weighted by atomic mass is 35.5. The second kappa shape index (κ2) is 4.65. The van der Waals surface area contributed by atoms with Gasteiger partial charge in [0.05, 0.1) is 0 Å². The highest BCUT2D eigenvalue weighted by molar-refractivity contribution is 6.30. The van der Waals surface area contributed by atoms with Crippen molar-refractivity contribution in [3.63, 3.8) is 0 Å². The molecule has 3 amide bonds. The molecule has 4 nitrogen and oxygen atoms in total. The lowest BCUT2D eigenvalue weighted by Crippen LogP contribution is -2.44. The molecule has 0 aromatic heterocycles. The van der Waals surface area contributed by atoms with Crippen molar-refractivity contribution >= 4 is 23.5 Å². The van der Waals surface area contributed by atoms with Gasteiger partial charge in [0.1, 0.15) is 0 Å². The van der Waals surface area contributed by atoms with E-state index in [-0.39, 0.29) is 0 Å². The fourth-order valence-electron chi connectivity index (χ4n) is 2.42. The number of carbonyl (C=O) groups excluding carboxylic acids is 2. The van der Waals surface area contributed by atoms with Crippen molar-refractivity contribution in [3.8, 4) is 0 Å². The van der Waals surface area contributed by atoms with Crippen LogP contribution < -0.4 is 10.6 Å². The van der Waals surface area contributed by atoms with Crippen molar-refractivity contribution in [2.24, 2.45) is 0 Å². The van der Waals surface area contributed by atoms with Gasteiger partial charge in [-0.15, -0.1) is 0 Å². The molecular weight excluding hydrogens is 276 g/mol. The van der Waals surface area contributed by atoms with Gasteiger partial charge < -0.3 is 5.32 Å². The summed E-state index contributed by atoms with van der Waals surface area (Å²) >= 11 is 5.89. The summed E-state index contributed by atoms with van der Waals surface area (Å²) in [6.45, 7) is 0. The minimum Gasteiger partial charge on any atom is -0.316 e. The van der Waals surface area contributed by atoms with Crippen LogP contribution in [0.1, 0.15) is 11.1 Å². The van der Waals surface area contributed by atoms with Crippen LogP contribution in [0.4, 0.5) is 4.79 Å². The molecule has 1 heterocycles. The molecule has 1 atom stereocenters. The second-order valence-electron chi connectivity index (χ2n) is 4.53. The number of benzene rings is 2. The van der Waals surface area contributed by atoms with Crippen LogP contribution in [-0.2, 0) is 10.3 Å². The molecule has 0 radical (unpaired) electrons. The van der Waals surface area contributed by atoms with E-state index < -0.39 is 17.5 Å². The zero-order valence-electron chi connectivity index (χ0n) is 10.4. The number of hydrogen-bond acceptors (Lipinski definition) is 2. The molecule has 2 aromatic carbocycles. The Bertz CT molecular complexity index is 670. The molecule has 0 saturated carbocycles. The third-order valence-corrected chi connectivity index (χ3v) is 3.60. The Kier molecular flexibility index (Phi) is 2.95. The van der Waals surface area contributed by atoms with Crippen LogP contribution in [0.25, 0.3) is 0 Å². The van der Waals surface area contributed by atoms with E-state index in [4.69, 9.17) is 11.6 Å². The predicted molar refractivity (Wildman–Crippen MR) is 75.3 cm³/mol. The smallest absolute Gasteiger partial charge is 0.316 e. The Hall–Kier alpha value is -2.33. The van der Waals surface area contributed by atoms with E-state index in [0.717, 1.165) is 0 Å². The molecule has 100 valence electrons. The van der Waals surface area contributed by atoms with Gasteiger partial charge in [-0.25, -0.2) is 4.79 Å². The van der Waals surface area contributed by atoms with E-state index in [1.165, 1.54) is 0 Å². The number of imide groups is 1. The van der Waals surface area contributed by atoms with Gasteiger partial charge in [0, 0.05) is 5.02 Å². The molecule has 0 spiro atoms. The lowest BCUT2D eigenvalue weighted by atomic mass is 9.83. The van der Waals surface area contributed by atoms with Crippen molar-refractivity contribution < 1.29 is 9.59 Å². The van der Waals surface area contributed by atoms with E-state index >= 15 is 0 Å². The summed E-state index contributed by atoms with van der Waals surface area (Å²) in [5, 5.41) is 5.59. The van der Waals surface area contributed by atoms with Crippen LogP contribution in [0, 0.1) is 0 Å². The summed E-state index contributed by atoms with van der Waals surface area (Å²) in [5.41, 5.74) is 0.158. The van der Waals surface area contributed by atoms with Crippen LogP contribution in [0.5, 0.6) is 0 Å². The van der Waals surface area contributed by atoms with Crippen molar-refractivity contribution in [2.45, 2.75) is 5.54 Å². The first kappa shape index (κ1) is 12.7. The maximum absolute atomic E-state index is 12.4. The molecule has 1 fully saturated rings. The Morgan fingerprint density at radius 2 is 1.45 bits per heavy atom. The van der Waals surface area contributed by atoms with E-state index in [0.29, 0.717) is 16.1 Å². The van der Waals surface area contributed by atoms with E-state index in [9.17, 15) is 9.59 Å². The molecule has 1 saturated heterocycles. The largest absolute Gasteiger partial charge is 0.322 e. The first-order valence-electron chi connectivity index (χ1n) is 6.08. The standard InChI is InChI=1S/C15H11ClN2O2/c16-12-8-6-11(7-9-12)15(10-4-2-1-3-5-10)13(19)17-14(20)18-15/h1-9H,(H2,17,18,19,20)/t15-/m1/s1. The average Bonchev–Trinajstić information content (AvgIpc) is 2.76. The molecule has 2 N–H and O–H groups in total. The zero-order valence-corrected chi connectivity index (χ0v) is 11.1. The predicted octanol–water partition coefficient (Wildman–Crippen LogP) is 2.42. The SMILES string of the molecule is O=C1NC(=O)[C@@](c2ccccc2)(c2ccc(Cl)cc2)N1. The zero-order chi connectivity index (χ0) is 14.2. The Morgan fingerprint density at radius 1 is 0.850 bits per heavy atom. The molecule has 20 heavy (non-hydrogen) atoms. The summed E-state index contributed by atoms with van der Waals surface area (Å²) in [5.74, 6) is -0.393. The van der Waals surface area contributed by atoms with Gasteiger partial charge in [-0.2, -0.15) is 0 Å². The normalized spacial score (nSPS) is 21.4. The minimum absolute atomic E-state index is 0.393. The van der Waals surface area contributed by atoms with Crippen LogP contribution in [0.15, 0.2) is 54.6 Å². The monoisotopic (exact) mass is 286 g/mol. The first-order valence-corrected chi connectivity index (χ1v) is 6.46. The van der Waals surface area contributed by atoms with Gasteiger partial charge in [-0.1, -0.05) is 54.1 Å². The maximum atomic E-state index is 12.4. The quantitative estimate of drug-likeness (QED) is 0.833. The summed E-state index contributed by atoms with van der Waals surface area (Å²) in [7, 11) is 0. The Labute approximate surface area is 120 Å². The minimum atomic E-state index is -1.21. The molecule has 0 bridgehead atoms. The molecular formula is C15H11ClN2O2. The summed E-state index contributed by atoms with van der Waals surface area (Å²) < 4.78 is 0. The van der Waals surface area contributed by atoms with E-state index in [1.807, 2.05) is 18.2 Å². The molecule has 1 aliphatic heterocycles. The van der Waals surface area contributed by atoms with Crippen molar-refractivity contribution in [1.82, 2.24) is 10.6 Å². The van der Waals surface area contributed by atoms with Gasteiger partial charge in [0.25, 0.3) is 5.91 Å². The third kappa shape index (κ3) is 1.85. The van der Waals surface area contributed by atoms with Crippen molar-refractivity contribution in [3.05, 3.63) is 70.7 Å². The average molecular weight is 287 g/mol. The maximum Gasteiger partial charge on any atom is 0.322 e. The number of urea groups is 1. The Morgan fingerprint density at radius 3 is 2.00 bits per heavy atom. The number of nitrogens with one attached hydrogen (secondary N) is 2. The number of carbonyl (C=O) groups is 2. The van der Waals surface area contributed by atoms with Crippen LogP contribution in [0.3, 0.4) is 0 Å². The highest BCUT2D eigenvalue weighted by Gasteiger charge is 2.49. The van der Waals surface area contributed by atoms with Gasteiger partial charge in [-0.3, -0.25) is 10.1 Å². The van der Waals surface area contributed by atoms with Crippen molar-refractivity contribution in [2.75, 3.05) is 0 Å². The molecule has 2 aromatic rings. The second-order valence-corrected chi connectivity index (χ2v) is 4.97.